The van der Waals surface area contributed by atoms with Crippen molar-refractivity contribution in [3.05, 3.63) is 47.5 Å². The zero-order valence-corrected chi connectivity index (χ0v) is 19.0. The summed E-state index contributed by atoms with van der Waals surface area (Å²) in [5.41, 5.74) is 0.387. The van der Waals surface area contributed by atoms with E-state index >= 15 is 0 Å². The normalized spacial score (nSPS) is 14.5. The Morgan fingerprint density at radius 2 is 1.71 bits per heavy atom. The van der Waals surface area contributed by atoms with Crippen molar-refractivity contribution in [3.8, 4) is 35.3 Å². The molecule has 176 valence electrons. The zero-order chi connectivity index (χ0) is 24.7. The number of methoxy groups -OCH3 is 1. The Morgan fingerprint density at radius 1 is 0.971 bits per heavy atom. The molecule has 0 bridgehead atoms. The second-order valence-electron chi connectivity index (χ2n) is 6.86. The third-order valence-corrected chi connectivity index (χ3v) is 4.69. The number of barbiturate groups is 1. The minimum atomic E-state index is -0.891. The number of carbonyl (C=O) groups is 3. The van der Waals surface area contributed by atoms with E-state index in [2.05, 4.69) is 11.2 Å². The van der Waals surface area contributed by atoms with Crippen LogP contribution in [-0.4, -0.2) is 44.8 Å². The van der Waals surface area contributed by atoms with E-state index in [1.165, 1.54) is 19.3 Å². The topological polar surface area (TPSA) is 103 Å². The SMILES string of the molecule is C#CCOc1ccc(/C=C2\C(=O)NC(=O)N(c3cc(OCC)ccc3OCC)C2=O)cc1OC. The largest absolute Gasteiger partial charge is 0.494 e. The fraction of sp³-hybridized carbons (Fsp3) is 0.240. The van der Waals surface area contributed by atoms with Crippen molar-refractivity contribution in [3.63, 3.8) is 0 Å². The Morgan fingerprint density at radius 3 is 2.38 bits per heavy atom. The van der Waals surface area contributed by atoms with E-state index < -0.39 is 17.8 Å². The summed E-state index contributed by atoms with van der Waals surface area (Å²) in [7, 11) is 1.45. The molecule has 0 radical (unpaired) electrons. The highest BCUT2D eigenvalue weighted by molar-refractivity contribution is 6.39. The smallest absolute Gasteiger partial charge is 0.336 e. The number of hydrogen-bond donors (Lipinski definition) is 1. The summed E-state index contributed by atoms with van der Waals surface area (Å²) >= 11 is 0. The van der Waals surface area contributed by atoms with Gasteiger partial charge in [-0.25, -0.2) is 9.69 Å². The zero-order valence-electron chi connectivity index (χ0n) is 19.0. The van der Waals surface area contributed by atoms with Crippen molar-refractivity contribution >= 4 is 29.6 Å². The van der Waals surface area contributed by atoms with Gasteiger partial charge in [0.1, 0.15) is 23.7 Å². The molecule has 9 nitrogen and oxygen atoms in total. The number of urea groups is 1. The van der Waals surface area contributed by atoms with E-state index in [1.807, 2.05) is 6.92 Å². The van der Waals surface area contributed by atoms with Crippen LogP contribution in [0, 0.1) is 12.3 Å². The molecule has 2 aromatic carbocycles. The van der Waals surface area contributed by atoms with Gasteiger partial charge < -0.3 is 18.9 Å². The Bertz CT molecular complexity index is 1180. The summed E-state index contributed by atoms with van der Waals surface area (Å²) < 4.78 is 21.8. The lowest BCUT2D eigenvalue weighted by Gasteiger charge is -2.28. The van der Waals surface area contributed by atoms with Gasteiger partial charge in [-0.1, -0.05) is 12.0 Å². The minimum Gasteiger partial charge on any atom is -0.494 e. The van der Waals surface area contributed by atoms with Gasteiger partial charge in [0.15, 0.2) is 11.5 Å². The third-order valence-electron chi connectivity index (χ3n) is 4.69. The van der Waals surface area contributed by atoms with Crippen LogP contribution in [0.2, 0.25) is 0 Å². The van der Waals surface area contributed by atoms with Gasteiger partial charge in [-0.2, -0.15) is 0 Å². The van der Waals surface area contributed by atoms with Crippen LogP contribution in [0.5, 0.6) is 23.0 Å². The summed E-state index contributed by atoms with van der Waals surface area (Å²) in [5, 5.41) is 2.20. The fourth-order valence-corrected chi connectivity index (χ4v) is 3.26. The number of carbonyl (C=O) groups excluding carboxylic acids is 3. The van der Waals surface area contributed by atoms with Crippen LogP contribution < -0.4 is 29.2 Å². The standard InChI is InChI=1S/C25H24N2O7/c1-5-12-34-21-10-8-16(14-22(21)31-4)13-18-23(28)26-25(30)27(24(18)29)19-15-17(32-6-2)9-11-20(19)33-7-3/h1,8-11,13-15H,6-7,12H2,2-4H3,(H,26,28,30)/b18-13+. The fourth-order valence-electron chi connectivity index (χ4n) is 3.26. The molecule has 0 unspecified atom stereocenters. The summed E-state index contributed by atoms with van der Waals surface area (Å²) in [6.07, 6.45) is 6.58. The van der Waals surface area contributed by atoms with Gasteiger partial charge in [0.2, 0.25) is 0 Å². The maximum Gasteiger partial charge on any atom is 0.336 e. The average Bonchev–Trinajstić information content (AvgIpc) is 2.82. The number of ether oxygens (including phenoxy) is 4. The Kier molecular flexibility index (Phi) is 7.77. The number of nitrogens with one attached hydrogen (secondary N) is 1. The summed E-state index contributed by atoms with van der Waals surface area (Å²) in [6, 6.07) is 8.71. The molecule has 1 heterocycles. The number of amides is 4. The number of terminal acetylenes is 1. The van der Waals surface area contributed by atoms with Crippen molar-refractivity contribution < 1.29 is 33.3 Å². The van der Waals surface area contributed by atoms with Crippen LogP contribution in [-0.2, 0) is 9.59 Å². The number of imide groups is 2. The average molecular weight is 464 g/mol. The van der Waals surface area contributed by atoms with Gasteiger partial charge in [-0.3, -0.25) is 14.9 Å². The quantitative estimate of drug-likeness (QED) is 0.345. The predicted molar refractivity (Wildman–Crippen MR) is 125 cm³/mol. The summed E-state index contributed by atoms with van der Waals surface area (Å²) in [5.74, 6) is 2.24. The first-order valence-corrected chi connectivity index (χ1v) is 10.5. The Balaban J connectivity index is 2.03. The molecule has 4 amide bonds. The van der Waals surface area contributed by atoms with E-state index in [4.69, 9.17) is 25.4 Å². The van der Waals surface area contributed by atoms with Gasteiger partial charge in [-0.05, 0) is 49.8 Å². The van der Waals surface area contributed by atoms with Crippen molar-refractivity contribution in [1.29, 1.82) is 0 Å². The number of hydrogen-bond acceptors (Lipinski definition) is 7. The molecule has 0 atom stereocenters. The van der Waals surface area contributed by atoms with E-state index in [1.54, 1.807) is 37.3 Å². The first kappa shape index (κ1) is 24.2. The van der Waals surface area contributed by atoms with Crippen molar-refractivity contribution in [2.75, 3.05) is 31.8 Å². The van der Waals surface area contributed by atoms with Crippen LogP contribution in [0.15, 0.2) is 42.0 Å². The van der Waals surface area contributed by atoms with Crippen molar-refractivity contribution in [1.82, 2.24) is 5.32 Å². The van der Waals surface area contributed by atoms with Crippen LogP contribution in [0.3, 0.4) is 0 Å². The number of rotatable bonds is 9. The molecule has 1 fully saturated rings. The van der Waals surface area contributed by atoms with Crippen LogP contribution in [0.1, 0.15) is 19.4 Å². The van der Waals surface area contributed by atoms with Gasteiger partial charge in [0, 0.05) is 6.07 Å². The molecule has 0 spiro atoms. The van der Waals surface area contributed by atoms with Crippen LogP contribution in [0.4, 0.5) is 10.5 Å². The molecule has 1 N–H and O–H groups in total. The van der Waals surface area contributed by atoms with Gasteiger partial charge >= 0.3 is 6.03 Å². The van der Waals surface area contributed by atoms with Crippen LogP contribution >= 0.6 is 0 Å². The molecule has 1 aliphatic rings. The number of anilines is 1. The Hall–Kier alpha value is -4.45. The number of benzene rings is 2. The lowest BCUT2D eigenvalue weighted by molar-refractivity contribution is -0.122. The van der Waals surface area contributed by atoms with Gasteiger partial charge in [-0.15, -0.1) is 6.42 Å². The third kappa shape index (κ3) is 5.13. The van der Waals surface area contributed by atoms with Crippen LogP contribution in [0.25, 0.3) is 6.08 Å². The van der Waals surface area contributed by atoms with E-state index in [9.17, 15) is 14.4 Å². The monoisotopic (exact) mass is 464 g/mol. The lowest BCUT2D eigenvalue weighted by Crippen LogP contribution is -2.54. The van der Waals surface area contributed by atoms with E-state index in [-0.39, 0.29) is 17.9 Å². The van der Waals surface area contributed by atoms with E-state index in [0.717, 1.165) is 4.90 Å². The first-order valence-electron chi connectivity index (χ1n) is 10.5. The Labute approximate surface area is 197 Å². The first-order chi connectivity index (χ1) is 16.4. The second-order valence-corrected chi connectivity index (χ2v) is 6.86. The minimum absolute atomic E-state index is 0.0533. The highest BCUT2D eigenvalue weighted by Gasteiger charge is 2.38. The van der Waals surface area contributed by atoms with E-state index in [0.29, 0.717) is 41.8 Å². The van der Waals surface area contributed by atoms with Crippen molar-refractivity contribution in [2.24, 2.45) is 0 Å². The van der Waals surface area contributed by atoms with Gasteiger partial charge in [0.25, 0.3) is 11.8 Å². The van der Waals surface area contributed by atoms with Crippen molar-refractivity contribution in [2.45, 2.75) is 13.8 Å². The molecule has 1 aliphatic heterocycles. The molecule has 34 heavy (non-hydrogen) atoms. The summed E-state index contributed by atoms with van der Waals surface area (Å²) in [6.45, 7) is 4.33. The predicted octanol–water partition coefficient (Wildman–Crippen LogP) is 3.17. The molecule has 0 aromatic heterocycles. The highest BCUT2D eigenvalue weighted by Crippen LogP contribution is 2.35. The maximum atomic E-state index is 13.3. The second kappa shape index (κ2) is 10.9. The molecular formula is C25H24N2O7. The highest BCUT2D eigenvalue weighted by atomic mass is 16.5. The molecule has 1 saturated heterocycles. The molecule has 2 aromatic rings. The molecule has 0 saturated carbocycles. The molecule has 3 rings (SSSR count). The van der Waals surface area contributed by atoms with Gasteiger partial charge in [0.05, 0.1) is 26.0 Å². The molecule has 9 heteroatoms. The molecule has 0 aliphatic carbocycles. The number of nitrogens with zero attached hydrogens (tertiary/aromatic N) is 1. The lowest BCUT2D eigenvalue weighted by atomic mass is 10.1. The maximum absolute atomic E-state index is 13.3. The summed E-state index contributed by atoms with van der Waals surface area (Å²) in [4.78, 5) is 39.4. The molecular weight excluding hydrogens is 440 g/mol.